The number of nitrogens with two attached hydrogens (primary N) is 1. The van der Waals surface area contributed by atoms with Gasteiger partial charge in [0.1, 0.15) is 0 Å². The Morgan fingerprint density at radius 2 is 2.11 bits per heavy atom. The summed E-state index contributed by atoms with van der Waals surface area (Å²) in [7, 11) is 0. The van der Waals surface area contributed by atoms with E-state index in [1.54, 1.807) is 19.1 Å². The van der Waals surface area contributed by atoms with Crippen LogP contribution in [0.2, 0.25) is 0 Å². The van der Waals surface area contributed by atoms with Crippen molar-refractivity contribution in [2.45, 2.75) is 25.4 Å². The van der Waals surface area contributed by atoms with Crippen LogP contribution in [0.3, 0.4) is 0 Å². The fraction of sp³-hybridized carbons (Fsp3) is 0.385. The number of carbonyl (C=O) groups excluding carboxylic acids is 1. The Morgan fingerprint density at radius 1 is 1.44 bits per heavy atom. The minimum atomic E-state index is -1.02. The van der Waals surface area contributed by atoms with E-state index in [1.165, 1.54) is 4.90 Å². The van der Waals surface area contributed by atoms with Gasteiger partial charge in [0.15, 0.2) is 6.04 Å². The van der Waals surface area contributed by atoms with Crippen LogP contribution in [0, 0.1) is 0 Å². The molecule has 0 saturated heterocycles. The molecule has 0 fully saturated rings. The Balaban J connectivity index is 2.42. The number of carbonyl (C=O) groups is 2. The van der Waals surface area contributed by atoms with Crippen LogP contribution in [0.5, 0.6) is 0 Å². The molecule has 1 aromatic carbocycles. The molecule has 5 heteroatoms. The average molecular weight is 248 g/mol. The molecule has 2 atom stereocenters. The normalized spacial score (nSPS) is 20.1. The number of fused-ring (bicyclic) bond motifs is 1. The number of aliphatic carboxylic acids is 1. The third-order valence-electron chi connectivity index (χ3n) is 3.19. The topological polar surface area (TPSA) is 83.6 Å². The van der Waals surface area contributed by atoms with E-state index in [4.69, 9.17) is 5.73 Å². The Hall–Kier alpha value is -1.88. The van der Waals surface area contributed by atoms with Crippen molar-refractivity contribution in [2.24, 2.45) is 5.73 Å². The standard InChI is InChI=1S/C13H16N2O3/c1-8(14)12(16)15-7-6-9-4-2-3-5-10(9)11(15)13(17)18/h2-5,8,11H,6-7,14H2,1H3,(H,17,18)/t8-,11?/m0/s1. The molecule has 0 saturated carbocycles. The maximum atomic E-state index is 12.0. The van der Waals surface area contributed by atoms with Crippen LogP contribution in [0.4, 0.5) is 0 Å². The number of carboxylic acid groups (broad SMARTS) is 1. The Bertz CT molecular complexity index is 485. The van der Waals surface area contributed by atoms with Gasteiger partial charge in [-0.25, -0.2) is 4.79 Å². The molecule has 1 aliphatic rings. The van der Waals surface area contributed by atoms with Crippen molar-refractivity contribution in [1.29, 1.82) is 0 Å². The van der Waals surface area contributed by atoms with E-state index in [0.717, 1.165) is 5.56 Å². The van der Waals surface area contributed by atoms with E-state index in [2.05, 4.69) is 0 Å². The van der Waals surface area contributed by atoms with Crippen LogP contribution in [0.25, 0.3) is 0 Å². The Kier molecular flexibility index (Phi) is 3.34. The van der Waals surface area contributed by atoms with Crippen LogP contribution in [-0.4, -0.2) is 34.5 Å². The monoisotopic (exact) mass is 248 g/mol. The van der Waals surface area contributed by atoms with Crippen molar-refractivity contribution in [3.05, 3.63) is 35.4 Å². The van der Waals surface area contributed by atoms with Gasteiger partial charge in [-0.3, -0.25) is 4.79 Å². The zero-order chi connectivity index (χ0) is 13.3. The van der Waals surface area contributed by atoms with Crippen LogP contribution >= 0.6 is 0 Å². The lowest BCUT2D eigenvalue weighted by Crippen LogP contribution is -2.49. The van der Waals surface area contributed by atoms with Gasteiger partial charge >= 0.3 is 5.97 Å². The zero-order valence-electron chi connectivity index (χ0n) is 10.2. The molecular weight excluding hydrogens is 232 g/mol. The summed E-state index contributed by atoms with van der Waals surface area (Å²) in [5.74, 6) is -1.34. The maximum Gasteiger partial charge on any atom is 0.331 e. The molecular formula is C13H16N2O3. The van der Waals surface area contributed by atoms with Crippen LogP contribution in [-0.2, 0) is 16.0 Å². The van der Waals surface area contributed by atoms with Crippen molar-refractivity contribution in [3.8, 4) is 0 Å². The van der Waals surface area contributed by atoms with Crippen molar-refractivity contribution in [1.82, 2.24) is 4.90 Å². The van der Waals surface area contributed by atoms with Gasteiger partial charge < -0.3 is 15.7 Å². The van der Waals surface area contributed by atoms with Gasteiger partial charge in [0.2, 0.25) is 5.91 Å². The SMILES string of the molecule is C[C@H](N)C(=O)N1CCc2ccccc2C1C(=O)O. The van der Waals surface area contributed by atoms with E-state index in [0.29, 0.717) is 18.5 Å². The Morgan fingerprint density at radius 3 is 2.72 bits per heavy atom. The minimum Gasteiger partial charge on any atom is -0.479 e. The number of rotatable bonds is 2. The van der Waals surface area contributed by atoms with Gasteiger partial charge in [0.25, 0.3) is 0 Å². The van der Waals surface area contributed by atoms with E-state index in [9.17, 15) is 14.7 Å². The lowest BCUT2D eigenvalue weighted by molar-refractivity contribution is -0.151. The third-order valence-corrected chi connectivity index (χ3v) is 3.19. The number of nitrogens with zero attached hydrogens (tertiary/aromatic N) is 1. The van der Waals surface area contributed by atoms with Gasteiger partial charge in [0, 0.05) is 6.54 Å². The van der Waals surface area contributed by atoms with Crippen LogP contribution < -0.4 is 5.73 Å². The number of benzene rings is 1. The quantitative estimate of drug-likeness (QED) is 0.800. The number of hydrogen-bond acceptors (Lipinski definition) is 3. The van der Waals surface area contributed by atoms with Gasteiger partial charge in [-0.2, -0.15) is 0 Å². The summed E-state index contributed by atoms with van der Waals surface area (Å²) in [5.41, 5.74) is 7.24. The van der Waals surface area contributed by atoms with Crippen molar-refractivity contribution < 1.29 is 14.7 Å². The van der Waals surface area contributed by atoms with Gasteiger partial charge in [-0.1, -0.05) is 24.3 Å². The zero-order valence-corrected chi connectivity index (χ0v) is 10.2. The maximum absolute atomic E-state index is 12.0. The van der Waals surface area contributed by atoms with Crippen molar-refractivity contribution >= 4 is 11.9 Å². The first-order valence-corrected chi connectivity index (χ1v) is 5.89. The summed E-state index contributed by atoms with van der Waals surface area (Å²) in [5, 5.41) is 9.35. The fourth-order valence-electron chi connectivity index (χ4n) is 2.33. The third kappa shape index (κ3) is 2.09. The highest BCUT2D eigenvalue weighted by atomic mass is 16.4. The Labute approximate surface area is 105 Å². The fourth-order valence-corrected chi connectivity index (χ4v) is 2.33. The predicted octanol–water partition coefficient (Wildman–Crippen LogP) is 0.544. The summed E-state index contributed by atoms with van der Waals surface area (Å²) in [6.45, 7) is 1.97. The first-order valence-electron chi connectivity index (χ1n) is 5.89. The minimum absolute atomic E-state index is 0.322. The van der Waals surface area contributed by atoms with Gasteiger partial charge in [-0.15, -0.1) is 0 Å². The second kappa shape index (κ2) is 4.78. The lowest BCUT2D eigenvalue weighted by atomic mass is 9.92. The second-order valence-corrected chi connectivity index (χ2v) is 4.51. The molecule has 2 rings (SSSR count). The predicted molar refractivity (Wildman–Crippen MR) is 65.9 cm³/mol. The summed E-state index contributed by atoms with van der Waals surface area (Å²) >= 11 is 0. The van der Waals surface area contributed by atoms with Crippen LogP contribution in [0.15, 0.2) is 24.3 Å². The van der Waals surface area contributed by atoms with Crippen molar-refractivity contribution in [3.63, 3.8) is 0 Å². The van der Waals surface area contributed by atoms with Gasteiger partial charge in [-0.05, 0) is 24.5 Å². The molecule has 1 aliphatic heterocycles. The van der Waals surface area contributed by atoms with E-state index in [1.807, 2.05) is 12.1 Å². The summed E-state index contributed by atoms with van der Waals surface area (Å²) in [6, 6.07) is 5.72. The number of amides is 1. The lowest BCUT2D eigenvalue weighted by Gasteiger charge is -2.35. The molecule has 0 radical (unpaired) electrons. The smallest absolute Gasteiger partial charge is 0.331 e. The summed E-state index contributed by atoms with van der Waals surface area (Å²) < 4.78 is 0. The van der Waals surface area contributed by atoms with E-state index in [-0.39, 0.29) is 5.91 Å². The molecule has 1 amide bonds. The van der Waals surface area contributed by atoms with E-state index < -0.39 is 18.1 Å². The molecule has 0 spiro atoms. The van der Waals surface area contributed by atoms with Crippen molar-refractivity contribution in [2.75, 3.05) is 6.54 Å². The first-order chi connectivity index (χ1) is 8.52. The average Bonchev–Trinajstić information content (AvgIpc) is 2.36. The first kappa shape index (κ1) is 12.6. The second-order valence-electron chi connectivity index (χ2n) is 4.51. The molecule has 0 bridgehead atoms. The molecule has 96 valence electrons. The summed E-state index contributed by atoms with van der Waals surface area (Å²) in [4.78, 5) is 24.7. The molecule has 1 aromatic rings. The molecule has 0 aliphatic carbocycles. The number of carboxylic acids is 1. The largest absolute Gasteiger partial charge is 0.479 e. The molecule has 0 aromatic heterocycles. The molecule has 1 heterocycles. The molecule has 1 unspecified atom stereocenters. The highest BCUT2D eigenvalue weighted by Crippen LogP contribution is 2.30. The highest BCUT2D eigenvalue weighted by molar-refractivity contribution is 5.88. The molecule has 5 nitrogen and oxygen atoms in total. The number of hydrogen-bond donors (Lipinski definition) is 2. The highest BCUT2D eigenvalue weighted by Gasteiger charge is 2.36. The molecule has 3 N–H and O–H groups in total. The summed E-state index contributed by atoms with van der Waals surface area (Å²) in [6.07, 6.45) is 0.665. The van der Waals surface area contributed by atoms with Crippen LogP contribution in [0.1, 0.15) is 24.1 Å². The molecule has 18 heavy (non-hydrogen) atoms. The van der Waals surface area contributed by atoms with E-state index >= 15 is 0 Å². The van der Waals surface area contributed by atoms with Gasteiger partial charge in [0.05, 0.1) is 6.04 Å².